The Bertz CT molecular complexity index is 1090. The fourth-order valence-corrected chi connectivity index (χ4v) is 3.82. The Hall–Kier alpha value is -3.89. The maximum absolute atomic E-state index is 12.5. The van der Waals surface area contributed by atoms with E-state index in [1.54, 1.807) is 64.1 Å². The van der Waals surface area contributed by atoms with Crippen molar-refractivity contribution in [1.82, 2.24) is 30.0 Å². The number of anilines is 1. The normalized spacial score (nSPS) is 13.7. The highest BCUT2D eigenvalue weighted by Crippen LogP contribution is 2.21. The predicted molar refractivity (Wildman–Crippen MR) is 141 cm³/mol. The highest BCUT2D eigenvalue weighted by Gasteiger charge is 2.23. The van der Waals surface area contributed by atoms with Crippen molar-refractivity contribution in [2.45, 2.75) is 32.9 Å². The number of nitrogens with zero attached hydrogens (tertiary/aromatic N) is 6. The largest absolute Gasteiger partial charge is 0.444 e. The van der Waals surface area contributed by atoms with Crippen LogP contribution in [0.15, 0.2) is 36.7 Å². The van der Waals surface area contributed by atoms with Gasteiger partial charge in [-0.15, -0.1) is 0 Å². The molecule has 1 aliphatic heterocycles. The van der Waals surface area contributed by atoms with Crippen molar-refractivity contribution in [3.8, 4) is 11.1 Å². The van der Waals surface area contributed by atoms with Crippen molar-refractivity contribution < 1.29 is 19.1 Å². The van der Waals surface area contributed by atoms with Crippen LogP contribution in [0.1, 0.15) is 26.3 Å². The summed E-state index contributed by atoms with van der Waals surface area (Å²) in [4.78, 5) is 52.5. The van der Waals surface area contributed by atoms with Crippen molar-refractivity contribution in [3.63, 3.8) is 0 Å². The van der Waals surface area contributed by atoms with E-state index in [9.17, 15) is 14.4 Å². The number of nitrogens with one attached hydrogen (secondary N) is 1. The van der Waals surface area contributed by atoms with E-state index in [0.717, 1.165) is 16.7 Å². The summed E-state index contributed by atoms with van der Waals surface area (Å²) in [6.45, 7) is 8.16. The van der Waals surface area contributed by atoms with Crippen LogP contribution in [0.25, 0.3) is 11.1 Å². The first kappa shape index (κ1) is 27.7. The molecule has 0 atom stereocenters. The number of benzene rings is 1. The van der Waals surface area contributed by atoms with Crippen molar-refractivity contribution in [1.29, 1.82) is 0 Å². The first-order valence-electron chi connectivity index (χ1n) is 12.3. The Kier molecular flexibility index (Phi) is 8.90. The Labute approximate surface area is 218 Å². The van der Waals surface area contributed by atoms with Crippen molar-refractivity contribution in [3.05, 3.63) is 42.2 Å². The van der Waals surface area contributed by atoms with E-state index in [0.29, 0.717) is 38.7 Å². The third-order valence-electron chi connectivity index (χ3n) is 5.74. The van der Waals surface area contributed by atoms with Crippen molar-refractivity contribution in [2.75, 3.05) is 58.8 Å². The van der Waals surface area contributed by atoms with Crippen LogP contribution in [0.3, 0.4) is 0 Å². The Morgan fingerprint density at radius 3 is 2.24 bits per heavy atom. The molecule has 0 aliphatic carbocycles. The van der Waals surface area contributed by atoms with Gasteiger partial charge in [-0.25, -0.2) is 19.6 Å². The second-order valence-corrected chi connectivity index (χ2v) is 10.2. The summed E-state index contributed by atoms with van der Waals surface area (Å²) in [5, 5.41) is 2.49. The summed E-state index contributed by atoms with van der Waals surface area (Å²) >= 11 is 0. The maximum atomic E-state index is 12.5. The molecule has 0 bridgehead atoms. The van der Waals surface area contributed by atoms with Crippen LogP contribution < -0.4 is 10.2 Å². The second kappa shape index (κ2) is 11.9. The minimum atomic E-state index is -0.622. The molecule has 1 aromatic heterocycles. The van der Waals surface area contributed by atoms with Crippen LogP contribution >= 0.6 is 0 Å². The third kappa shape index (κ3) is 8.06. The fraction of sp³-hybridized carbons (Fsp3) is 0.500. The average molecular weight is 512 g/mol. The zero-order chi connectivity index (χ0) is 27.2. The topological polar surface area (TPSA) is 111 Å². The summed E-state index contributed by atoms with van der Waals surface area (Å²) < 4.78 is 5.17. The Morgan fingerprint density at radius 2 is 1.65 bits per heavy atom. The van der Waals surface area contributed by atoms with E-state index < -0.39 is 11.7 Å². The summed E-state index contributed by atoms with van der Waals surface area (Å²) in [5.41, 5.74) is 2.13. The lowest BCUT2D eigenvalue weighted by Gasteiger charge is -2.35. The zero-order valence-electron chi connectivity index (χ0n) is 22.5. The lowest BCUT2D eigenvalue weighted by Crippen LogP contribution is -2.51. The number of aromatic nitrogens is 2. The maximum Gasteiger partial charge on any atom is 0.408 e. The zero-order valence-corrected chi connectivity index (χ0v) is 22.5. The molecule has 1 saturated heterocycles. The van der Waals surface area contributed by atoms with Gasteiger partial charge in [0.25, 0.3) is 0 Å². The van der Waals surface area contributed by atoms with Crippen LogP contribution in [0.4, 0.5) is 15.5 Å². The molecule has 11 heteroatoms. The monoisotopic (exact) mass is 511 g/mol. The van der Waals surface area contributed by atoms with Gasteiger partial charge < -0.3 is 29.7 Å². The molecule has 1 aromatic carbocycles. The van der Waals surface area contributed by atoms with Crippen molar-refractivity contribution >= 4 is 24.0 Å². The highest BCUT2D eigenvalue weighted by atomic mass is 16.6. The number of hydrogen-bond acceptors (Lipinski definition) is 7. The number of likely N-dealkylation sites (N-methyl/N-ethyl adjacent to an activating group) is 1. The molecule has 2 heterocycles. The van der Waals surface area contributed by atoms with Gasteiger partial charge in [0.1, 0.15) is 12.1 Å². The van der Waals surface area contributed by atoms with E-state index in [4.69, 9.17) is 4.74 Å². The standard InChI is InChI=1S/C26H37N7O4/c1-26(2,3)37-24(35)29-17-22(34)31(6)18-19-8-7-9-20(14-19)21-15-27-23(28-16-21)32-10-12-33(13-11-32)25(36)30(4)5/h7-9,14-16H,10-13,17-18H2,1-6H3,(H,29,35). The number of carbonyl (C=O) groups excluding carboxylic acids is 3. The SMILES string of the molecule is CN(C)C(=O)N1CCN(c2ncc(-c3cccc(CN(C)C(=O)CNC(=O)OC(C)(C)C)c3)cn2)CC1. The van der Waals surface area contributed by atoms with Gasteiger partial charge in [-0.3, -0.25) is 4.79 Å². The van der Waals surface area contributed by atoms with Gasteiger partial charge in [0, 0.05) is 71.8 Å². The summed E-state index contributed by atoms with van der Waals surface area (Å²) in [6.07, 6.45) is 2.96. The molecule has 200 valence electrons. The lowest BCUT2D eigenvalue weighted by atomic mass is 10.1. The molecule has 3 rings (SSSR count). The molecule has 2 aromatic rings. The number of amides is 4. The smallest absolute Gasteiger partial charge is 0.408 e. The molecule has 4 amide bonds. The minimum absolute atomic E-state index is 0.0162. The number of hydrogen-bond donors (Lipinski definition) is 1. The summed E-state index contributed by atoms with van der Waals surface area (Å²) in [7, 11) is 5.20. The molecule has 1 aliphatic rings. The number of rotatable bonds is 6. The molecule has 1 fully saturated rings. The second-order valence-electron chi connectivity index (χ2n) is 10.2. The molecular weight excluding hydrogens is 474 g/mol. The highest BCUT2D eigenvalue weighted by molar-refractivity contribution is 5.82. The molecule has 0 spiro atoms. The van der Waals surface area contributed by atoms with E-state index in [1.165, 1.54) is 0 Å². The molecule has 37 heavy (non-hydrogen) atoms. The van der Waals surface area contributed by atoms with Gasteiger partial charge in [0.15, 0.2) is 0 Å². The quantitative estimate of drug-likeness (QED) is 0.634. The minimum Gasteiger partial charge on any atom is -0.444 e. The molecule has 1 N–H and O–H groups in total. The van der Waals surface area contributed by atoms with Gasteiger partial charge in [0.2, 0.25) is 11.9 Å². The molecule has 0 radical (unpaired) electrons. The van der Waals surface area contributed by atoms with E-state index in [1.807, 2.05) is 29.2 Å². The van der Waals surface area contributed by atoms with E-state index >= 15 is 0 Å². The van der Waals surface area contributed by atoms with Gasteiger partial charge in [0.05, 0.1) is 0 Å². The van der Waals surface area contributed by atoms with Gasteiger partial charge >= 0.3 is 12.1 Å². The first-order chi connectivity index (χ1) is 17.4. The molecule has 0 unspecified atom stereocenters. The predicted octanol–water partition coefficient (Wildman–Crippen LogP) is 2.43. The number of piperazine rings is 1. The lowest BCUT2D eigenvalue weighted by molar-refractivity contribution is -0.129. The van der Waals surface area contributed by atoms with Gasteiger partial charge in [-0.1, -0.05) is 18.2 Å². The number of carbonyl (C=O) groups is 3. The van der Waals surface area contributed by atoms with Crippen LogP contribution in [-0.2, 0) is 16.1 Å². The average Bonchev–Trinajstić information content (AvgIpc) is 2.86. The fourth-order valence-electron chi connectivity index (χ4n) is 3.82. The summed E-state index contributed by atoms with van der Waals surface area (Å²) in [6, 6.07) is 7.85. The Morgan fingerprint density at radius 1 is 1.00 bits per heavy atom. The number of ether oxygens (including phenoxy) is 1. The van der Waals surface area contributed by atoms with Crippen LogP contribution in [-0.4, -0.2) is 102 Å². The van der Waals surface area contributed by atoms with Gasteiger partial charge in [-0.05, 0) is 38.0 Å². The van der Waals surface area contributed by atoms with Gasteiger partial charge in [-0.2, -0.15) is 0 Å². The van der Waals surface area contributed by atoms with Crippen LogP contribution in [0, 0.1) is 0 Å². The van der Waals surface area contributed by atoms with Crippen molar-refractivity contribution in [2.24, 2.45) is 0 Å². The molecule has 0 saturated carbocycles. The summed E-state index contributed by atoms with van der Waals surface area (Å²) in [5.74, 6) is 0.413. The number of alkyl carbamates (subject to hydrolysis) is 1. The van der Waals surface area contributed by atoms with Crippen LogP contribution in [0.5, 0.6) is 0 Å². The number of urea groups is 1. The molecule has 11 nitrogen and oxygen atoms in total. The van der Waals surface area contributed by atoms with E-state index in [-0.39, 0.29) is 18.5 Å². The first-order valence-corrected chi connectivity index (χ1v) is 12.3. The third-order valence-corrected chi connectivity index (χ3v) is 5.74. The Balaban J connectivity index is 1.55. The van der Waals surface area contributed by atoms with E-state index in [2.05, 4.69) is 20.2 Å². The van der Waals surface area contributed by atoms with Crippen LogP contribution in [0.2, 0.25) is 0 Å². The molecular formula is C26H37N7O4.